The van der Waals surface area contributed by atoms with Crippen molar-refractivity contribution in [3.8, 4) is 0 Å². The normalized spacial score (nSPS) is 15.8. The fraction of sp³-hybridized carbons (Fsp3) is 0.864. The lowest BCUT2D eigenvalue weighted by Gasteiger charge is -2.25. The molecule has 25 heavy (non-hydrogen) atoms. The van der Waals surface area contributed by atoms with Crippen molar-refractivity contribution >= 4 is 5.97 Å². The van der Waals surface area contributed by atoms with Crippen molar-refractivity contribution < 1.29 is 9.53 Å². The quantitative estimate of drug-likeness (QED) is 0.197. The molecular weight excluding hydrogens is 310 g/mol. The Labute approximate surface area is 156 Å². The van der Waals surface area contributed by atoms with Gasteiger partial charge >= 0.3 is 5.97 Å². The summed E-state index contributed by atoms with van der Waals surface area (Å²) < 4.78 is 4.95. The fourth-order valence-corrected chi connectivity index (χ4v) is 3.37. The van der Waals surface area contributed by atoms with E-state index in [0.29, 0.717) is 13.2 Å². The van der Waals surface area contributed by atoms with Crippen LogP contribution in [0.25, 0.3) is 0 Å². The number of carbonyl (C=O) groups excluding carboxylic acids is 1. The van der Waals surface area contributed by atoms with Crippen LogP contribution in [0.5, 0.6) is 0 Å². The zero-order chi connectivity index (χ0) is 18.0. The Hall–Kier alpha value is -0.830. The second-order valence-electron chi connectivity index (χ2n) is 7.43. The Kier molecular flexibility index (Phi) is 14.8. The van der Waals surface area contributed by atoms with Crippen LogP contribution in [-0.4, -0.2) is 37.1 Å². The molecule has 0 unspecified atom stereocenters. The maximum Gasteiger partial charge on any atom is 0.320 e. The lowest BCUT2D eigenvalue weighted by Crippen LogP contribution is -2.40. The van der Waals surface area contributed by atoms with Crippen LogP contribution in [0, 0.1) is 0 Å². The lowest BCUT2D eigenvalue weighted by atomic mass is 10.1. The SMILES string of the molecule is CCCCCCCC/C=C\CCCCCCCCN1CCOC(=O)C1. The summed E-state index contributed by atoms with van der Waals surface area (Å²) in [5, 5.41) is 0. The number of unbranched alkanes of at least 4 members (excludes halogenated alkanes) is 12. The number of hydrogen-bond acceptors (Lipinski definition) is 3. The molecule has 0 aromatic carbocycles. The van der Waals surface area contributed by atoms with Gasteiger partial charge in [-0.3, -0.25) is 9.69 Å². The summed E-state index contributed by atoms with van der Waals surface area (Å²) in [6.07, 6.45) is 23.6. The number of hydrogen-bond donors (Lipinski definition) is 0. The molecule has 1 fully saturated rings. The molecule has 3 heteroatoms. The molecule has 0 saturated carbocycles. The molecule has 1 aliphatic rings. The van der Waals surface area contributed by atoms with Gasteiger partial charge in [-0.2, -0.15) is 0 Å². The standard InChI is InChI=1S/C22H41NO2/c1-2-3-4-5-6-7-8-9-10-11-12-13-14-15-16-17-18-23-19-20-25-22(24)21-23/h9-10H,2-8,11-21H2,1H3/b10-9-. The summed E-state index contributed by atoms with van der Waals surface area (Å²) in [6.45, 7) is 5.31. The van der Waals surface area contributed by atoms with Crippen molar-refractivity contribution in [2.75, 3.05) is 26.2 Å². The topological polar surface area (TPSA) is 29.5 Å². The first-order valence-electron chi connectivity index (χ1n) is 10.9. The molecule has 1 heterocycles. The van der Waals surface area contributed by atoms with Gasteiger partial charge in [0.15, 0.2) is 0 Å². The second-order valence-corrected chi connectivity index (χ2v) is 7.43. The van der Waals surface area contributed by atoms with E-state index in [1.807, 2.05) is 0 Å². The van der Waals surface area contributed by atoms with Gasteiger partial charge in [0, 0.05) is 6.54 Å². The number of allylic oxidation sites excluding steroid dienone is 2. The molecular formula is C22H41NO2. The van der Waals surface area contributed by atoms with Gasteiger partial charge in [-0.05, 0) is 38.6 Å². The number of morpholine rings is 1. The largest absolute Gasteiger partial charge is 0.463 e. The van der Waals surface area contributed by atoms with Crippen molar-refractivity contribution in [3.63, 3.8) is 0 Å². The molecule has 3 nitrogen and oxygen atoms in total. The molecule has 0 aromatic rings. The maximum atomic E-state index is 11.2. The van der Waals surface area contributed by atoms with Crippen molar-refractivity contribution in [3.05, 3.63) is 12.2 Å². The Morgan fingerprint density at radius 2 is 1.40 bits per heavy atom. The van der Waals surface area contributed by atoms with Gasteiger partial charge in [0.25, 0.3) is 0 Å². The van der Waals surface area contributed by atoms with Gasteiger partial charge in [0.2, 0.25) is 0 Å². The van der Waals surface area contributed by atoms with Crippen LogP contribution < -0.4 is 0 Å². The zero-order valence-corrected chi connectivity index (χ0v) is 16.6. The third-order valence-corrected chi connectivity index (χ3v) is 5.01. The molecule has 1 rings (SSSR count). The minimum absolute atomic E-state index is 0.0594. The minimum Gasteiger partial charge on any atom is -0.463 e. The summed E-state index contributed by atoms with van der Waals surface area (Å²) in [5.74, 6) is -0.0594. The van der Waals surface area contributed by atoms with E-state index < -0.39 is 0 Å². The van der Waals surface area contributed by atoms with E-state index in [4.69, 9.17) is 4.74 Å². The highest BCUT2D eigenvalue weighted by molar-refractivity contribution is 5.72. The van der Waals surface area contributed by atoms with Crippen LogP contribution in [0.3, 0.4) is 0 Å². The smallest absolute Gasteiger partial charge is 0.320 e. The summed E-state index contributed by atoms with van der Waals surface area (Å²) in [4.78, 5) is 13.4. The highest BCUT2D eigenvalue weighted by Gasteiger charge is 2.16. The molecule has 0 spiro atoms. The first-order valence-corrected chi connectivity index (χ1v) is 10.9. The zero-order valence-electron chi connectivity index (χ0n) is 16.6. The molecule has 0 aliphatic carbocycles. The van der Waals surface area contributed by atoms with E-state index in [2.05, 4.69) is 24.0 Å². The van der Waals surface area contributed by atoms with Crippen LogP contribution in [0.4, 0.5) is 0 Å². The molecule has 0 aromatic heterocycles. The Morgan fingerprint density at radius 1 is 0.840 bits per heavy atom. The average Bonchev–Trinajstić information content (AvgIpc) is 2.61. The number of rotatable bonds is 16. The Morgan fingerprint density at radius 3 is 2.00 bits per heavy atom. The van der Waals surface area contributed by atoms with Crippen molar-refractivity contribution in [2.45, 2.75) is 96.8 Å². The Balaban J connectivity index is 1.75. The van der Waals surface area contributed by atoms with E-state index in [1.165, 1.54) is 89.9 Å². The molecule has 0 bridgehead atoms. The van der Waals surface area contributed by atoms with Gasteiger partial charge in [-0.15, -0.1) is 0 Å². The maximum absolute atomic E-state index is 11.2. The highest BCUT2D eigenvalue weighted by Crippen LogP contribution is 2.10. The van der Waals surface area contributed by atoms with Crippen molar-refractivity contribution in [2.24, 2.45) is 0 Å². The number of nitrogens with zero attached hydrogens (tertiary/aromatic N) is 1. The van der Waals surface area contributed by atoms with Gasteiger partial charge < -0.3 is 4.74 Å². The number of ether oxygens (including phenoxy) is 1. The molecule has 0 amide bonds. The minimum atomic E-state index is -0.0594. The van der Waals surface area contributed by atoms with E-state index in [0.717, 1.165) is 13.1 Å². The van der Waals surface area contributed by atoms with Crippen LogP contribution in [0.15, 0.2) is 12.2 Å². The Bertz CT molecular complexity index is 341. The second kappa shape index (κ2) is 16.6. The van der Waals surface area contributed by atoms with E-state index in [1.54, 1.807) is 0 Å². The van der Waals surface area contributed by atoms with Crippen LogP contribution in [0.1, 0.15) is 96.8 Å². The summed E-state index contributed by atoms with van der Waals surface area (Å²) >= 11 is 0. The number of cyclic esters (lactones) is 1. The molecule has 0 radical (unpaired) electrons. The van der Waals surface area contributed by atoms with Gasteiger partial charge in [-0.25, -0.2) is 0 Å². The van der Waals surface area contributed by atoms with E-state index in [9.17, 15) is 4.79 Å². The molecule has 146 valence electrons. The highest BCUT2D eigenvalue weighted by atomic mass is 16.5. The molecule has 0 atom stereocenters. The van der Waals surface area contributed by atoms with Gasteiger partial charge in [0.05, 0.1) is 6.54 Å². The summed E-state index contributed by atoms with van der Waals surface area (Å²) in [7, 11) is 0. The lowest BCUT2D eigenvalue weighted by molar-refractivity contribution is -0.150. The summed E-state index contributed by atoms with van der Waals surface area (Å²) in [6, 6.07) is 0. The number of esters is 1. The first kappa shape index (κ1) is 22.2. The third-order valence-electron chi connectivity index (χ3n) is 5.01. The van der Waals surface area contributed by atoms with Crippen molar-refractivity contribution in [1.29, 1.82) is 0 Å². The van der Waals surface area contributed by atoms with Crippen LogP contribution in [-0.2, 0) is 9.53 Å². The molecule has 1 saturated heterocycles. The third kappa shape index (κ3) is 14.1. The van der Waals surface area contributed by atoms with E-state index in [-0.39, 0.29) is 5.97 Å². The number of carbonyl (C=O) groups is 1. The summed E-state index contributed by atoms with van der Waals surface area (Å²) in [5.41, 5.74) is 0. The molecule has 0 N–H and O–H groups in total. The van der Waals surface area contributed by atoms with Crippen LogP contribution in [0.2, 0.25) is 0 Å². The monoisotopic (exact) mass is 351 g/mol. The average molecular weight is 352 g/mol. The van der Waals surface area contributed by atoms with Crippen molar-refractivity contribution in [1.82, 2.24) is 4.90 Å². The predicted octanol–water partition coefficient (Wildman–Crippen LogP) is 5.88. The van der Waals surface area contributed by atoms with Gasteiger partial charge in [0.1, 0.15) is 6.61 Å². The van der Waals surface area contributed by atoms with Gasteiger partial charge in [-0.1, -0.05) is 76.9 Å². The first-order chi connectivity index (χ1) is 12.3. The van der Waals surface area contributed by atoms with E-state index >= 15 is 0 Å². The fourth-order valence-electron chi connectivity index (χ4n) is 3.37. The predicted molar refractivity (Wildman–Crippen MR) is 107 cm³/mol. The molecule has 1 aliphatic heterocycles. The van der Waals surface area contributed by atoms with Crippen LogP contribution >= 0.6 is 0 Å².